The first-order valence-electron chi connectivity index (χ1n) is 5.85. The van der Waals surface area contributed by atoms with Gasteiger partial charge in [-0.15, -0.1) is 0 Å². The summed E-state index contributed by atoms with van der Waals surface area (Å²) in [7, 11) is 0. The molecule has 1 saturated heterocycles. The number of aliphatic hydroxyl groups is 1. The average molecular weight is 241 g/mol. The maximum absolute atomic E-state index is 10.1. The molecule has 0 spiro atoms. The zero-order chi connectivity index (χ0) is 11.8. The summed E-state index contributed by atoms with van der Waals surface area (Å²) >= 11 is 1.43. The zero-order valence-electron chi connectivity index (χ0n) is 10.1. The predicted molar refractivity (Wildman–Crippen MR) is 66.1 cm³/mol. The van der Waals surface area contributed by atoms with E-state index in [9.17, 15) is 5.11 Å². The molecule has 2 heterocycles. The van der Waals surface area contributed by atoms with Crippen molar-refractivity contribution in [1.82, 2.24) is 9.36 Å². The lowest BCUT2D eigenvalue weighted by Crippen LogP contribution is -2.61. The summed E-state index contributed by atoms with van der Waals surface area (Å²) in [5.41, 5.74) is -0.488. The van der Waals surface area contributed by atoms with Crippen LogP contribution in [0.5, 0.6) is 0 Å². The summed E-state index contributed by atoms with van der Waals surface area (Å²) in [5, 5.41) is 11.0. The third kappa shape index (κ3) is 2.20. The highest BCUT2D eigenvalue weighted by atomic mass is 32.1. The van der Waals surface area contributed by atoms with Gasteiger partial charge in [-0.2, -0.15) is 4.37 Å². The monoisotopic (exact) mass is 241 g/mol. The van der Waals surface area contributed by atoms with Crippen LogP contribution in [0.3, 0.4) is 0 Å². The van der Waals surface area contributed by atoms with Crippen LogP contribution in [0, 0.1) is 0 Å². The first-order chi connectivity index (χ1) is 7.54. The predicted octanol–water partition coefficient (Wildman–Crippen LogP) is 2.01. The van der Waals surface area contributed by atoms with Crippen LogP contribution < -0.4 is 4.90 Å². The van der Waals surface area contributed by atoms with Gasteiger partial charge in [0.25, 0.3) is 0 Å². The maximum atomic E-state index is 10.1. The molecule has 0 aromatic carbocycles. The fraction of sp³-hybridized carbons (Fsp3) is 0.818. The Morgan fingerprint density at radius 1 is 1.50 bits per heavy atom. The Bertz CT molecular complexity index is 358. The standard InChI is InChI=1S/C11H19N3OS/c1-4-5-11(15)6-14(7-11)10-12-9(8(2)3)13-16-10/h8,15H,4-7H2,1-3H3. The molecular formula is C11H19N3OS. The number of hydrogen-bond donors (Lipinski definition) is 1. The van der Waals surface area contributed by atoms with E-state index < -0.39 is 5.60 Å². The number of anilines is 1. The van der Waals surface area contributed by atoms with Gasteiger partial charge >= 0.3 is 0 Å². The summed E-state index contributed by atoms with van der Waals surface area (Å²) in [4.78, 5) is 6.59. The van der Waals surface area contributed by atoms with E-state index in [-0.39, 0.29) is 0 Å². The highest BCUT2D eigenvalue weighted by Gasteiger charge is 2.41. The SMILES string of the molecule is CCCC1(O)CN(c2nc(C(C)C)ns2)C1. The van der Waals surface area contributed by atoms with Gasteiger partial charge in [0.05, 0.1) is 18.7 Å². The number of rotatable bonds is 4. The zero-order valence-corrected chi connectivity index (χ0v) is 10.9. The molecule has 4 nitrogen and oxygen atoms in total. The summed E-state index contributed by atoms with van der Waals surface area (Å²) < 4.78 is 4.32. The van der Waals surface area contributed by atoms with E-state index in [0.717, 1.165) is 23.8 Å². The molecule has 1 aliphatic heterocycles. The largest absolute Gasteiger partial charge is 0.386 e. The Balaban J connectivity index is 1.96. The van der Waals surface area contributed by atoms with Gasteiger partial charge in [-0.3, -0.25) is 0 Å². The quantitative estimate of drug-likeness (QED) is 0.876. The molecule has 1 aromatic rings. The summed E-state index contributed by atoms with van der Waals surface area (Å²) in [5.74, 6) is 1.28. The van der Waals surface area contributed by atoms with E-state index in [1.165, 1.54) is 11.5 Å². The van der Waals surface area contributed by atoms with Crippen molar-refractivity contribution < 1.29 is 5.11 Å². The summed E-state index contributed by atoms with van der Waals surface area (Å²) in [6.45, 7) is 7.69. The molecule has 1 fully saturated rings. The minimum absolute atomic E-state index is 0.376. The van der Waals surface area contributed by atoms with Crippen molar-refractivity contribution in [3.63, 3.8) is 0 Å². The third-order valence-electron chi connectivity index (χ3n) is 2.90. The molecule has 0 radical (unpaired) electrons. The van der Waals surface area contributed by atoms with Crippen LogP contribution in [0.2, 0.25) is 0 Å². The second kappa shape index (κ2) is 4.30. The molecule has 0 aliphatic carbocycles. The summed E-state index contributed by atoms with van der Waals surface area (Å²) in [6.07, 6.45) is 1.90. The number of aromatic nitrogens is 2. The van der Waals surface area contributed by atoms with Crippen LogP contribution in [-0.4, -0.2) is 33.2 Å². The van der Waals surface area contributed by atoms with Gasteiger partial charge in [-0.1, -0.05) is 27.2 Å². The molecule has 90 valence electrons. The van der Waals surface area contributed by atoms with Crippen LogP contribution in [0.1, 0.15) is 45.4 Å². The topological polar surface area (TPSA) is 49.2 Å². The van der Waals surface area contributed by atoms with E-state index in [1.807, 2.05) is 0 Å². The van der Waals surface area contributed by atoms with E-state index in [0.29, 0.717) is 19.0 Å². The van der Waals surface area contributed by atoms with Crippen LogP contribution in [0.25, 0.3) is 0 Å². The Morgan fingerprint density at radius 3 is 2.69 bits per heavy atom. The molecule has 1 N–H and O–H groups in total. The van der Waals surface area contributed by atoms with Gasteiger partial charge in [0.1, 0.15) is 5.82 Å². The fourth-order valence-corrected chi connectivity index (χ4v) is 2.82. The van der Waals surface area contributed by atoms with Crippen molar-refractivity contribution in [3.8, 4) is 0 Å². The second-order valence-corrected chi connectivity index (χ2v) is 5.65. The van der Waals surface area contributed by atoms with Crippen molar-refractivity contribution in [2.45, 2.75) is 45.1 Å². The van der Waals surface area contributed by atoms with Crippen LogP contribution >= 0.6 is 11.5 Å². The lowest BCUT2D eigenvalue weighted by Gasteiger charge is -2.46. The third-order valence-corrected chi connectivity index (χ3v) is 3.69. The van der Waals surface area contributed by atoms with Crippen molar-refractivity contribution in [1.29, 1.82) is 0 Å². The minimum atomic E-state index is -0.488. The Labute approximate surface area is 100 Å². The first kappa shape index (κ1) is 11.8. The van der Waals surface area contributed by atoms with Gasteiger partial charge in [0.15, 0.2) is 0 Å². The lowest BCUT2D eigenvalue weighted by molar-refractivity contribution is 0.00336. The van der Waals surface area contributed by atoms with Crippen molar-refractivity contribution in [2.75, 3.05) is 18.0 Å². The minimum Gasteiger partial charge on any atom is -0.386 e. The van der Waals surface area contributed by atoms with Gasteiger partial charge in [-0.05, 0) is 6.42 Å². The van der Waals surface area contributed by atoms with Gasteiger partial charge in [0, 0.05) is 17.5 Å². The molecule has 16 heavy (non-hydrogen) atoms. The van der Waals surface area contributed by atoms with Crippen molar-refractivity contribution in [2.24, 2.45) is 0 Å². The fourth-order valence-electron chi connectivity index (χ4n) is 2.01. The Hall–Kier alpha value is -0.680. The normalized spacial score (nSPS) is 18.9. The molecule has 0 atom stereocenters. The Kier molecular flexibility index (Phi) is 3.17. The molecule has 1 aliphatic rings. The van der Waals surface area contributed by atoms with Crippen LogP contribution in [-0.2, 0) is 0 Å². The van der Waals surface area contributed by atoms with E-state index in [2.05, 4.69) is 35.0 Å². The molecular weight excluding hydrogens is 222 g/mol. The molecule has 0 amide bonds. The van der Waals surface area contributed by atoms with Crippen molar-refractivity contribution >= 4 is 16.7 Å². The van der Waals surface area contributed by atoms with Crippen LogP contribution in [0.4, 0.5) is 5.13 Å². The molecule has 5 heteroatoms. The molecule has 0 bridgehead atoms. The number of β-amino-alcohol motifs (C(OH)–C–C–N with tert-alkyl or cyclic N) is 1. The molecule has 0 saturated carbocycles. The second-order valence-electron chi connectivity index (χ2n) is 4.92. The lowest BCUT2D eigenvalue weighted by atomic mass is 9.90. The summed E-state index contributed by atoms with van der Waals surface area (Å²) in [6, 6.07) is 0. The highest BCUT2D eigenvalue weighted by molar-refractivity contribution is 7.09. The maximum Gasteiger partial charge on any atom is 0.205 e. The van der Waals surface area contributed by atoms with E-state index in [4.69, 9.17) is 0 Å². The number of hydrogen-bond acceptors (Lipinski definition) is 5. The van der Waals surface area contributed by atoms with Gasteiger partial charge < -0.3 is 10.0 Å². The molecule has 2 rings (SSSR count). The van der Waals surface area contributed by atoms with Gasteiger partial charge in [-0.25, -0.2) is 4.98 Å². The molecule has 0 unspecified atom stereocenters. The van der Waals surface area contributed by atoms with E-state index in [1.54, 1.807) is 0 Å². The Morgan fingerprint density at radius 2 is 2.19 bits per heavy atom. The molecule has 1 aromatic heterocycles. The smallest absolute Gasteiger partial charge is 0.205 e. The van der Waals surface area contributed by atoms with E-state index >= 15 is 0 Å². The first-order valence-corrected chi connectivity index (χ1v) is 6.62. The highest BCUT2D eigenvalue weighted by Crippen LogP contribution is 2.32. The average Bonchev–Trinajstić information content (AvgIpc) is 2.62. The van der Waals surface area contributed by atoms with Crippen LogP contribution in [0.15, 0.2) is 0 Å². The van der Waals surface area contributed by atoms with Crippen molar-refractivity contribution in [3.05, 3.63) is 5.82 Å². The number of nitrogens with zero attached hydrogens (tertiary/aromatic N) is 3. The van der Waals surface area contributed by atoms with Gasteiger partial charge in [0.2, 0.25) is 5.13 Å².